The summed E-state index contributed by atoms with van der Waals surface area (Å²) >= 11 is 6.07. The largest absolute Gasteiger partial charge is 0.495 e. The van der Waals surface area contributed by atoms with Gasteiger partial charge in [-0.05, 0) is 43.6 Å². The summed E-state index contributed by atoms with van der Waals surface area (Å²) in [6, 6.07) is 5.99. The third kappa shape index (κ3) is 3.40. The quantitative estimate of drug-likeness (QED) is 0.835. The molecule has 0 aliphatic carbocycles. The molecule has 1 atom stereocenters. The predicted molar refractivity (Wildman–Crippen MR) is 65.0 cm³/mol. The molecule has 1 N–H and O–H groups in total. The average molecular weight is 228 g/mol. The molecule has 0 fully saturated rings. The van der Waals surface area contributed by atoms with Crippen molar-refractivity contribution in [1.82, 2.24) is 5.32 Å². The van der Waals surface area contributed by atoms with E-state index in [0.717, 1.165) is 18.7 Å². The lowest BCUT2D eigenvalue weighted by Crippen LogP contribution is -2.10. The Morgan fingerprint density at radius 2 is 2.20 bits per heavy atom. The summed E-state index contributed by atoms with van der Waals surface area (Å²) in [6.07, 6.45) is 1.11. The van der Waals surface area contributed by atoms with Gasteiger partial charge in [-0.3, -0.25) is 0 Å². The Balaban J connectivity index is 2.73. The van der Waals surface area contributed by atoms with Gasteiger partial charge in [0, 0.05) is 0 Å². The van der Waals surface area contributed by atoms with Gasteiger partial charge in [0.2, 0.25) is 0 Å². The van der Waals surface area contributed by atoms with Crippen LogP contribution in [0, 0.1) is 0 Å². The maximum atomic E-state index is 6.07. The van der Waals surface area contributed by atoms with Crippen molar-refractivity contribution < 1.29 is 4.74 Å². The molecule has 1 rings (SSSR count). The summed E-state index contributed by atoms with van der Waals surface area (Å²) in [5.74, 6) is 1.25. The van der Waals surface area contributed by atoms with Crippen LogP contribution in [0.2, 0.25) is 5.02 Å². The molecule has 0 amide bonds. The Labute approximate surface area is 96.6 Å². The fraction of sp³-hybridized carbons (Fsp3) is 0.500. The summed E-state index contributed by atoms with van der Waals surface area (Å²) in [6.45, 7) is 3.22. The first kappa shape index (κ1) is 12.3. The Morgan fingerprint density at radius 1 is 1.47 bits per heavy atom. The van der Waals surface area contributed by atoms with Gasteiger partial charge in [0.1, 0.15) is 5.75 Å². The van der Waals surface area contributed by atoms with Crippen molar-refractivity contribution >= 4 is 11.6 Å². The highest BCUT2D eigenvalue weighted by molar-refractivity contribution is 6.32. The smallest absolute Gasteiger partial charge is 0.137 e. The Hall–Kier alpha value is -0.730. The minimum absolute atomic E-state index is 0.515. The minimum Gasteiger partial charge on any atom is -0.495 e. The third-order valence-electron chi connectivity index (χ3n) is 2.57. The Kier molecular flexibility index (Phi) is 4.92. The zero-order chi connectivity index (χ0) is 11.3. The molecule has 0 saturated carbocycles. The van der Waals surface area contributed by atoms with Gasteiger partial charge in [-0.2, -0.15) is 0 Å². The molecule has 0 heterocycles. The van der Waals surface area contributed by atoms with Gasteiger partial charge in [-0.25, -0.2) is 0 Å². The second-order valence-electron chi connectivity index (χ2n) is 3.69. The second kappa shape index (κ2) is 5.99. The molecule has 3 heteroatoms. The highest BCUT2D eigenvalue weighted by Gasteiger charge is 2.07. The molecule has 0 bridgehead atoms. The van der Waals surface area contributed by atoms with E-state index in [1.54, 1.807) is 7.11 Å². The zero-order valence-electron chi connectivity index (χ0n) is 9.51. The Morgan fingerprint density at radius 3 is 2.73 bits per heavy atom. The van der Waals surface area contributed by atoms with Crippen LogP contribution in [0.4, 0.5) is 0 Å². The van der Waals surface area contributed by atoms with Crippen LogP contribution in [0.25, 0.3) is 0 Å². The van der Waals surface area contributed by atoms with Crippen LogP contribution in [0.15, 0.2) is 18.2 Å². The van der Waals surface area contributed by atoms with E-state index in [4.69, 9.17) is 16.3 Å². The van der Waals surface area contributed by atoms with Crippen molar-refractivity contribution in [2.45, 2.75) is 19.3 Å². The van der Waals surface area contributed by atoms with Crippen molar-refractivity contribution in [2.24, 2.45) is 0 Å². The van der Waals surface area contributed by atoms with Gasteiger partial charge in [-0.15, -0.1) is 0 Å². The van der Waals surface area contributed by atoms with E-state index in [1.807, 2.05) is 19.2 Å². The first-order valence-corrected chi connectivity index (χ1v) is 5.55. The molecule has 84 valence electrons. The van der Waals surface area contributed by atoms with Crippen LogP contribution >= 0.6 is 11.6 Å². The van der Waals surface area contributed by atoms with Crippen molar-refractivity contribution in [3.8, 4) is 5.75 Å². The average Bonchev–Trinajstić information content (AvgIpc) is 2.25. The number of benzene rings is 1. The topological polar surface area (TPSA) is 21.3 Å². The van der Waals surface area contributed by atoms with E-state index < -0.39 is 0 Å². The lowest BCUT2D eigenvalue weighted by molar-refractivity contribution is 0.414. The highest BCUT2D eigenvalue weighted by atomic mass is 35.5. The lowest BCUT2D eigenvalue weighted by Gasteiger charge is -2.13. The van der Waals surface area contributed by atoms with E-state index in [-0.39, 0.29) is 0 Å². The molecule has 15 heavy (non-hydrogen) atoms. The van der Waals surface area contributed by atoms with E-state index in [9.17, 15) is 0 Å². The van der Waals surface area contributed by atoms with Gasteiger partial charge in [0.25, 0.3) is 0 Å². The molecule has 0 aliphatic rings. The maximum Gasteiger partial charge on any atom is 0.137 e. The first-order chi connectivity index (χ1) is 7.19. The van der Waals surface area contributed by atoms with Crippen molar-refractivity contribution in [3.63, 3.8) is 0 Å². The number of rotatable bonds is 5. The summed E-state index contributed by atoms with van der Waals surface area (Å²) in [7, 11) is 3.60. The standard InChI is InChI=1S/C12H18ClNO/c1-9(6-7-14-2)10-4-5-12(15-3)11(13)8-10/h4-5,8-9,14H,6-7H2,1-3H3. The summed E-state index contributed by atoms with van der Waals surface area (Å²) in [5, 5.41) is 3.83. The van der Waals surface area contributed by atoms with Gasteiger partial charge >= 0.3 is 0 Å². The molecule has 1 aromatic carbocycles. The molecular formula is C12H18ClNO. The van der Waals surface area contributed by atoms with Crippen LogP contribution in [-0.2, 0) is 0 Å². The molecule has 0 spiro atoms. The molecule has 1 aromatic rings. The summed E-state index contributed by atoms with van der Waals surface area (Å²) in [4.78, 5) is 0. The normalized spacial score (nSPS) is 12.5. The molecule has 0 saturated heterocycles. The molecule has 0 aromatic heterocycles. The molecule has 0 aliphatic heterocycles. The number of halogens is 1. The van der Waals surface area contributed by atoms with E-state index in [1.165, 1.54) is 5.56 Å². The monoisotopic (exact) mass is 227 g/mol. The summed E-state index contributed by atoms with van der Waals surface area (Å²) < 4.78 is 5.12. The van der Waals surface area contributed by atoms with Crippen LogP contribution in [0.3, 0.4) is 0 Å². The van der Waals surface area contributed by atoms with Crippen LogP contribution < -0.4 is 10.1 Å². The molecule has 0 radical (unpaired) electrons. The summed E-state index contributed by atoms with van der Waals surface area (Å²) in [5.41, 5.74) is 1.26. The number of nitrogens with one attached hydrogen (secondary N) is 1. The van der Waals surface area contributed by atoms with Crippen molar-refractivity contribution in [1.29, 1.82) is 0 Å². The fourth-order valence-corrected chi connectivity index (χ4v) is 1.78. The third-order valence-corrected chi connectivity index (χ3v) is 2.87. The van der Waals surface area contributed by atoms with Crippen molar-refractivity contribution in [2.75, 3.05) is 20.7 Å². The zero-order valence-corrected chi connectivity index (χ0v) is 10.3. The lowest BCUT2D eigenvalue weighted by atomic mass is 9.98. The number of hydrogen-bond donors (Lipinski definition) is 1. The van der Waals surface area contributed by atoms with Gasteiger partial charge < -0.3 is 10.1 Å². The molecular weight excluding hydrogens is 210 g/mol. The molecule has 2 nitrogen and oxygen atoms in total. The maximum absolute atomic E-state index is 6.07. The second-order valence-corrected chi connectivity index (χ2v) is 4.09. The van der Waals surface area contributed by atoms with Crippen LogP contribution in [-0.4, -0.2) is 20.7 Å². The van der Waals surface area contributed by atoms with Crippen molar-refractivity contribution in [3.05, 3.63) is 28.8 Å². The van der Waals surface area contributed by atoms with Crippen LogP contribution in [0.5, 0.6) is 5.75 Å². The van der Waals surface area contributed by atoms with E-state index >= 15 is 0 Å². The SMILES string of the molecule is CNCCC(C)c1ccc(OC)c(Cl)c1. The fourth-order valence-electron chi connectivity index (χ4n) is 1.52. The number of ether oxygens (including phenoxy) is 1. The highest BCUT2D eigenvalue weighted by Crippen LogP contribution is 2.29. The Bertz CT molecular complexity index is 314. The van der Waals surface area contributed by atoms with Gasteiger partial charge in [-0.1, -0.05) is 24.6 Å². The predicted octanol–water partition coefficient (Wildman–Crippen LogP) is 3.06. The number of hydrogen-bond acceptors (Lipinski definition) is 2. The van der Waals surface area contributed by atoms with Crippen LogP contribution in [0.1, 0.15) is 24.8 Å². The number of methoxy groups -OCH3 is 1. The van der Waals surface area contributed by atoms with E-state index in [2.05, 4.69) is 18.3 Å². The first-order valence-electron chi connectivity index (χ1n) is 5.17. The van der Waals surface area contributed by atoms with Gasteiger partial charge in [0.15, 0.2) is 0 Å². The molecule has 1 unspecified atom stereocenters. The van der Waals surface area contributed by atoms with E-state index in [0.29, 0.717) is 10.9 Å². The van der Waals surface area contributed by atoms with Gasteiger partial charge in [0.05, 0.1) is 12.1 Å². The minimum atomic E-state index is 0.515.